The Labute approximate surface area is 119 Å². The lowest BCUT2D eigenvalue weighted by Crippen LogP contribution is -2.36. The number of hydrogen-bond acceptors (Lipinski definition) is 4. The predicted molar refractivity (Wildman–Crippen MR) is 82.8 cm³/mol. The lowest BCUT2D eigenvalue weighted by molar-refractivity contribution is 0.297. The maximum absolute atomic E-state index is 9.42. The van der Waals surface area contributed by atoms with Gasteiger partial charge < -0.3 is 15.7 Å². The van der Waals surface area contributed by atoms with Gasteiger partial charge in [0.25, 0.3) is 0 Å². The van der Waals surface area contributed by atoms with Gasteiger partial charge in [0.05, 0.1) is 29.7 Å². The first-order valence-corrected chi connectivity index (χ1v) is 7.32. The summed E-state index contributed by atoms with van der Waals surface area (Å²) in [6.07, 6.45) is 6.61. The van der Waals surface area contributed by atoms with Crippen LogP contribution in [0, 0.1) is 0 Å². The molecule has 1 fully saturated rings. The van der Waals surface area contributed by atoms with E-state index >= 15 is 0 Å². The second kappa shape index (κ2) is 5.67. The zero-order valence-electron chi connectivity index (χ0n) is 11.6. The standard InChI is InChI=1S/C16H21N3O/c17-14-11-18-15-8-4-3-7-13(15)16(14)19(9-10-20)12-5-1-2-6-12/h3-4,7-8,11-12,20H,1-2,5-6,9-10,17H2. The van der Waals surface area contributed by atoms with Crippen molar-refractivity contribution in [1.29, 1.82) is 0 Å². The highest BCUT2D eigenvalue weighted by molar-refractivity contribution is 5.97. The van der Waals surface area contributed by atoms with Gasteiger partial charge in [-0.1, -0.05) is 31.0 Å². The SMILES string of the molecule is Nc1cnc2ccccc2c1N(CCO)C1CCCC1. The van der Waals surface area contributed by atoms with Crippen molar-refractivity contribution in [3.05, 3.63) is 30.5 Å². The van der Waals surface area contributed by atoms with Crippen LogP contribution in [0.1, 0.15) is 25.7 Å². The molecule has 1 aromatic heterocycles. The number of aliphatic hydroxyl groups excluding tert-OH is 1. The maximum Gasteiger partial charge on any atom is 0.0745 e. The van der Waals surface area contributed by atoms with Gasteiger partial charge in [-0.3, -0.25) is 4.98 Å². The summed E-state index contributed by atoms with van der Waals surface area (Å²) in [5, 5.41) is 10.5. The third-order valence-corrected chi connectivity index (χ3v) is 4.17. The van der Waals surface area contributed by atoms with E-state index in [0.717, 1.165) is 16.6 Å². The summed E-state index contributed by atoms with van der Waals surface area (Å²) < 4.78 is 0. The minimum absolute atomic E-state index is 0.145. The van der Waals surface area contributed by atoms with Crippen LogP contribution in [0.4, 0.5) is 11.4 Å². The van der Waals surface area contributed by atoms with Gasteiger partial charge in [-0.25, -0.2) is 0 Å². The summed E-state index contributed by atoms with van der Waals surface area (Å²) in [5.41, 5.74) is 8.89. The van der Waals surface area contributed by atoms with Gasteiger partial charge in [-0.2, -0.15) is 0 Å². The van der Waals surface area contributed by atoms with Gasteiger partial charge in [0.2, 0.25) is 0 Å². The van der Waals surface area contributed by atoms with E-state index in [2.05, 4.69) is 16.0 Å². The highest BCUT2D eigenvalue weighted by Crippen LogP contribution is 2.36. The molecule has 20 heavy (non-hydrogen) atoms. The van der Waals surface area contributed by atoms with E-state index in [1.54, 1.807) is 6.20 Å². The molecule has 106 valence electrons. The summed E-state index contributed by atoms with van der Waals surface area (Å²) in [7, 11) is 0. The van der Waals surface area contributed by atoms with Crippen molar-refractivity contribution in [2.24, 2.45) is 0 Å². The second-order valence-electron chi connectivity index (χ2n) is 5.43. The molecule has 3 N–H and O–H groups in total. The van der Waals surface area contributed by atoms with Crippen molar-refractivity contribution in [3.8, 4) is 0 Å². The zero-order valence-corrected chi connectivity index (χ0v) is 11.6. The molecular weight excluding hydrogens is 250 g/mol. The van der Waals surface area contributed by atoms with Crippen LogP contribution in [0.2, 0.25) is 0 Å². The van der Waals surface area contributed by atoms with E-state index in [4.69, 9.17) is 5.73 Å². The molecule has 0 atom stereocenters. The van der Waals surface area contributed by atoms with Crippen molar-refractivity contribution in [2.75, 3.05) is 23.8 Å². The molecule has 0 bridgehead atoms. The number of pyridine rings is 1. The molecule has 2 aromatic rings. The Bertz CT molecular complexity index is 593. The average Bonchev–Trinajstić information content (AvgIpc) is 2.99. The Balaban J connectivity index is 2.11. The molecule has 4 heteroatoms. The predicted octanol–water partition coefficient (Wildman–Crippen LogP) is 2.56. The maximum atomic E-state index is 9.42. The minimum Gasteiger partial charge on any atom is -0.396 e. The van der Waals surface area contributed by atoms with Crippen LogP contribution < -0.4 is 10.6 Å². The number of hydrogen-bond donors (Lipinski definition) is 2. The molecule has 0 spiro atoms. The molecule has 1 aliphatic carbocycles. The molecular formula is C16H21N3O. The van der Waals surface area contributed by atoms with Gasteiger partial charge in [0.1, 0.15) is 0 Å². The number of anilines is 2. The highest BCUT2D eigenvalue weighted by Gasteiger charge is 2.25. The van der Waals surface area contributed by atoms with Crippen molar-refractivity contribution in [3.63, 3.8) is 0 Å². The van der Waals surface area contributed by atoms with Crippen LogP contribution in [0.3, 0.4) is 0 Å². The third-order valence-electron chi connectivity index (χ3n) is 4.17. The first-order chi connectivity index (χ1) is 9.81. The molecule has 4 nitrogen and oxygen atoms in total. The molecule has 3 rings (SSSR count). The van der Waals surface area contributed by atoms with Crippen LogP contribution in [-0.4, -0.2) is 29.3 Å². The summed E-state index contributed by atoms with van der Waals surface area (Å²) in [4.78, 5) is 6.68. The molecule has 1 aromatic carbocycles. The monoisotopic (exact) mass is 271 g/mol. The lowest BCUT2D eigenvalue weighted by Gasteiger charge is -2.32. The highest BCUT2D eigenvalue weighted by atomic mass is 16.3. The fraction of sp³-hybridized carbons (Fsp3) is 0.438. The number of nitrogens with zero attached hydrogens (tertiary/aromatic N) is 2. The van der Waals surface area contributed by atoms with Crippen molar-refractivity contribution < 1.29 is 5.11 Å². The van der Waals surface area contributed by atoms with E-state index in [1.807, 2.05) is 18.2 Å². The molecule has 1 saturated carbocycles. The van der Waals surface area contributed by atoms with Crippen molar-refractivity contribution in [1.82, 2.24) is 4.98 Å². The molecule has 0 unspecified atom stereocenters. The number of para-hydroxylation sites is 1. The lowest BCUT2D eigenvalue weighted by atomic mass is 10.1. The minimum atomic E-state index is 0.145. The van der Waals surface area contributed by atoms with Gasteiger partial charge in [0, 0.05) is 18.0 Å². The Morgan fingerprint density at radius 2 is 2.00 bits per heavy atom. The van der Waals surface area contributed by atoms with Gasteiger partial charge in [0.15, 0.2) is 0 Å². The Morgan fingerprint density at radius 1 is 1.25 bits per heavy atom. The van der Waals surface area contributed by atoms with E-state index < -0.39 is 0 Å². The first kappa shape index (κ1) is 13.2. The van der Waals surface area contributed by atoms with E-state index in [-0.39, 0.29) is 6.61 Å². The van der Waals surface area contributed by atoms with E-state index in [9.17, 15) is 5.11 Å². The second-order valence-corrected chi connectivity index (χ2v) is 5.43. The fourth-order valence-electron chi connectivity index (χ4n) is 3.26. The number of rotatable bonds is 4. The molecule has 1 aliphatic rings. The van der Waals surface area contributed by atoms with Gasteiger partial charge >= 0.3 is 0 Å². The zero-order chi connectivity index (χ0) is 13.9. The summed E-state index contributed by atoms with van der Waals surface area (Å²) in [6.45, 7) is 0.773. The van der Waals surface area contributed by atoms with Crippen molar-refractivity contribution in [2.45, 2.75) is 31.7 Å². The summed E-state index contributed by atoms with van der Waals surface area (Å²) in [6, 6.07) is 8.55. The van der Waals surface area contributed by atoms with Crippen molar-refractivity contribution >= 4 is 22.3 Å². The third kappa shape index (κ3) is 2.31. The van der Waals surface area contributed by atoms with Crippen LogP contribution in [0.25, 0.3) is 10.9 Å². The molecule has 0 amide bonds. The van der Waals surface area contributed by atoms with E-state index in [0.29, 0.717) is 18.3 Å². The number of aromatic nitrogens is 1. The molecule has 0 radical (unpaired) electrons. The number of nitrogens with two attached hydrogens (primary N) is 1. The topological polar surface area (TPSA) is 62.4 Å². The number of nitrogen functional groups attached to an aromatic ring is 1. The largest absolute Gasteiger partial charge is 0.396 e. The van der Waals surface area contributed by atoms with Crippen LogP contribution in [-0.2, 0) is 0 Å². The Hall–Kier alpha value is -1.81. The fourth-order valence-corrected chi connectivity index (χ4v) is 3.26. The summed E-state index contributed by atoms with van der Waals surface area (Å²) >= 11 is 0. The van der Waals surface area contributed by atoms with Crippen LogP contribution >= 0.6 is 0 Å². The van der Waals surface area contributed by atoms with Crippen LogP contribution in [0.15, 0.2) is 30.5 Å². The number of fused-ring (bicyclic) bond motifs is 1. The summed E-state index contributed by atoms with van der Waals surface area (Å²) in [5.74, 6) is 0. The normalized spacial score (nSPS) is 15.8. The smallest absolute Gasteiger partial charge is 0.0745 e. The Kier molecular flexibility index (Phi) is 3.74. The van der Waals surface area contributed by atoms with Crippen LogP contribution in [0.5, 0.6) is 0 Å². The average molecular weight is 271 g/mol. The van der Waals surface area contributed by atoms with E-state index in [1.165, 1.54) is 25.7 Å². The van der Waals surface area contributed by atoms with Gasteiger partial charge in [-0.05, 0) is 18.9 Å². The Morgan fingerprint density at radius 3 is 2.75 bits per heavy atom. The first-order valence-electron chi connectivity index (χ1n) is 7.32. The molecule has 0 saturated heterocycles. The molecule has 0 aliphatic heterocycles. The quantitative estimate of drug-likeness (QED) is 0.897. The molecule has 1 heterocycles. The number of aliphatic hydroxyl groups is 1. The van der Waals surface area contributed by atoms with Gasteiger partial charge in [-0.15, -0.1) is 0 Å². The number of benzene rings is 1.